The quantitative estimate of drug-likeness (QED) is 0.910. The molecule has 3 heteroatoms. The second-order valence-corrected chi connectivity index (χ2v) is 7.28. The summed E-state index contributed by atoms with van der Waals surface area (Å²) < 4.78 is 1.98. The Morgan fingerprint density at radius 1 is 1.37 bits per heavy atom. The Kier molecular flexibility index (Phi) is 4.34. The lowest BCUT2D eigenvalue weighted by atomic mass is 9.67. The van der Waals surface area contributed by atoms with Crippen LogP contribution in [0.2, 0.25) is 0 Å². The maximum atomic E-state index is 6.34. The molecule has 0 saturated heterocycles. The fourth-order valence-electron chi connectivity index (χ4n) is 3.39. The molecule has 3 nitrogen and oxygen atoms in total. The largest absolute Gasteiger partial charge is 0.327 e. The van der Waals surface area contributed by atoms with Gasteiger partial charge in [-0.2, -0.15) is 5.10 Å². The van der Waals surface area contributed by atoms with Gasteiger partial charge in [-0.25, -0.2) is 0 Å². The van der Waals surface area contributed by atoms with Crippen LogP contribution >= 0.6 is 0 Å². The lowest BCUT2D eigenvalue weighted by molar-refractivity contribution is 0.122. The van der Waals surface area contributed by atoms with Crippen molar-refractivity contribution in [2.45, 2.75) is 58.9 Å². The summed E-state index contributed by atoms with van der Waals surface area (Å²) in [6.45, 7) is 7.10. The number of nitrogens with two attached hydrogens (primary N) is 1. The van der Waals surface area contributed by atoms with E-state index in [1.54, 1.807) is 0 Å². The fraction of sp³-hybridized carbons (Fsp3) is 0.812. The minimum Gasteiger partial charge on any atom is -0.327 e. The third kappa shape index (κ3) is 3.59. The predicted octanol–water partition coefficient (Wildman–Crippen LogP) is 3.14. The monoisotopic (exact) mass is 263 g/mol. The Labute approximate surface area is 117 Å². The van der Waals surface area contributed by atoms with E-state index < -0.39 is 0 Å². The maximum absolute atomic E-state index is 6.34. The Balaban J connectivity index is 1.93. The third-order valence-corrected chi connectivity index (χ3v) is 4.96. The van der Waals surface area contributed by atoms with Gasteiger partial charge in [0.1, 0.15) is 0 Å². The van der Waals surface area contributed by atoms with Crippen LogP contribution in [-0.4, -0.2) is 15.8 Å². The van der Waals surface area contributed by atoms with E-state index in [2.05, 4.69) is 31.9 Å². The molecule has 1 aliphatic carbocycles. The molecule has 1 saturated carbocycles. The molecule has 0 amide bonds. The summed E-state index contributed by atoms with van der Waals surface area (Å²) in [6, 6.07) is 2.52. The van der Waals surface area contributed by atoms with Crippen LogP contribution in [-0.2, 0) is 13.5 Å². The van der Waals surface area contributed by atoms with E-state index >= 15 is 0 Å². The molecular weight excluding hydrogens is 234 g/mol. The van der Waals surface area contributed by atoms with Gasteiger partial charge < -0.3 is 5.73 Å². The molecular formula is C16H29N3. The minimum absolute atomic E-state index is 0.395. The molecule has 1 heterocycles. The Bertz CT molecular complexity index is 402. The van der Waals surface area contributed by atoms with Crippen LogP contribution in [0, 0.1) is 17.3 Å². The normalized spacial score (nSPS) is 28.6. The first-order valence-electron chi connectivity index (χ1n) is 7.60. The average Bonchev–Trinajstić information content (AvgIpc) is 2.72. The van der Waals surface area contributed by atoms with Crippen molar-refractivity contribution in [3.63, 3.8) is 0 Å². The molecule has 3 atom stereocenters. The summed E-state index contributed by atoms with van der Waals surface area (Å²) >= 11 is 0. The highest BCUT2D eigenvalue weighted by Crippen LogP contribution is 2.41. The Morgan fingerprint density at radius 3 is 2.68 bits per heavy atom. The first-order valence-corrected chi connectivity index (χ1v) is 7.60. The van der Waals surface area contributed by atoms with Crippen LogP contribution < -0.4 is 5.73 Å². The van der Waals surface area contributed by atoms with Gasteiger partial charge in [0, 0.05) is 25.0 Å². The molecule has 1 aliphatic rings. The van der Waals surface area contributed by atoms with Gasteiger partial charge in [0.15, 0.2) is 0 Å². The predicted molar refractivity (Wildman–Crippen MR) is 79.8 cm³/mol. The summed E-state index contributed by atoms with van der Waals surface area (Å²) in [7, 11) is 2.02. The van der Waals surface area contributed by atoms with E-state index in [-0.39, 0.29) is 0 Å². The van der Waals surface area contributed by atoms with E-state index in [4.69, 9.17) is 5.73 Å². The van der Waals surface area contributed by atoms with Crippen molar-refractivity contribution in [2.24, 2.45) is 30.0 Å². The first kappa shape index (κ1) is 14.6. The fourth-order valence-corrected chi connectivity index (χ4v) is 3.39. The van der Waals surface area contributed by atoms with Gasteiger partial charge >= 0.3 is 0 Å². The van der Waals surface area contributed by atoms with E-state index in [0.29, 0.717) is 17.4 Å². The minimum atomic E-state index is 0.395. The summed E-state index contributed by atoms with van der Waals surface area (Å²) in [6.07, 6.45) is 7.97. The standard InChI is InChI=1S/C16H29N3/c1-16(2,3)13-6-8-15(17)12(11-13)5-7-14-9-10-18-19(14)4/h9-10,12-13,15H,5-8,11,17H2,1-4H3. The third-order valence-electron chi connectivity index (χ3n) is 4.96. The summed E-state index contributed by atoms with van der Waals surface area (Å²) in [4.78, 5) is 0. The summed E-state index contributed by atoms with van der Waals surface area (Å²) in [5.41, 5.74) is 8.09. The second kappa shape index (κ2) is 5.66. The number of rotatable bonds is 3. The molecule has 2 rings (SSSR count). The van der Waals surface area contributed by atoms with Crippen LogP contribution in [0.1, 0.15) is 52.1 Å². The molecule has 1 aromatic heterocycles. The average molecular weight is 263 g/mol. The van der Waals surface area contributed by atoms with E-state index in [9.17, 15) is 0 Å². The van der Waals surface area contributed by atoms with Crippen LogP contribution in [0.3, 0.4) is 0 Å². The van der Waals surface area contributed by atoms with Gasteiger partial charge in [-0.3, -0.25) is 4.68 Å². The second-order valence-electron chi connectivity index (χ2n) is 7.28. The van der Waals surface area contributed by atoms with Crippen LogP contribution in [0.15, 0.2) is 12.3 Å². The number of aryl methyl sites for hydroxylation is 2. The SMILES string of the molecule is Cn1nccc1CCC1CC(C(C)(C)C)CCC1N. The van der Waals surface area contributed by atoms with Crippen molar-refractivity contribution >= 4 is 0 Å². The molecule has 0 spiro atoms. The van der Waals surface area contributed by atoms with Crippen LogP contribution in [0.5, 0.6) is 0 Å². The van der Waals surface area contributed by atoms with E-state index in [0.717, 1.165) is 12.3 Å². The smallest absolute Gasteiger partial charge is 0.0492 e. The van der Waals surface area contributed by atoms with Crippen molar-refractivity contribution < 1.29 is 0 Å². The molecule has 1 fully saturated rings. The lowest BCUT2D eigenvalue weighted by Crippen LogP contribution is -2.39. The molecule has 0 aliphatic heterocycles. The number of hydrogen-bond donors (Lipinski definition) is 1. The van der Waals surface area contributed by atoms with Gasteiger partial charge in [0.2, 0.25) is 0 Å². The van der Waals surface area contributed by atoms with E-state index in [1.807, 2.05) is 17.9 Å². The van der Waals surface area contributed by atoms with Crippen molar-refractivity contribution in [3.05, 3.63) is 18.0 Å². The molecule has 1 aromatic rings. The Morgan fingerprint density at radius 2 is 2.11 bits per heavy atom. The van der Waals surface area contributed by atoms with Crippen molar-refractivity contribution in [1.82, 2.24) is 9.78 Å². The van der Waals surface area contributed by atoms with E-state index in [1.165, 1.54) is 31.4 Å². The zero-order valence-electron chi connectivity index (χ0n) is 12.9. The molecule has 19 heavy (non-hydrogen) atoms. The van der Waals surface area contributed by atoms with Crippen molar-refractivity contribution in [3.8, 4) is 0 Å². The first-order chi connectivity index (χ1) is 8.88. The highest BCUT2D eigenvalue weighted by atomic mass is 15.2. The molecule has 3 unspecified atom stereocenters. The molecule has 0 bridgehead atoms. The molecule has 0 aromatic carbocycles. The number of hydrogen-bond acceptors (Lipinski definition) is 2. The van der Waals surface area contributed by atoms with Crippen LogP contribution in [0.4, 0.5) is 0 Å². The lowest BCUT2D eigenvalue weighted by Gasteiger charge is -2.40. The van der Waals surface area contributed by atoms with Crippen molar-refractivity contribution in [2.75, 3.05) is 0 Å². The van der Waals surface area contributed by atoms with Gasteiger partial charge in [0.25, 0.3) is 0 Å². The molecule has 0 radical (unpaired) electrons. The number of nitrogens with zero attached hydrogens (tertiary/aromatic N) is 2. The zero-order valence-corrected chi connectivity index (χ0v) is 12.9. The van der Waals surface area contributed by atoms with Crippen LogP contribution in [0.25, 0.3) is 0 Å². The highest BCUT2D eigenvalue weighted by Gasteiger charge is 2.34. The summed E-state index contributed by atoms with van der Waals surface area (Å²) in [5.74, 6) is 1.50. The molecule has 2 N–H and O–H groups in total. The van der Waals surface area contributed by atoms with Gasteiger partial charge in [-0.15, -0.1) is 0 Å². The Hall–Kier alpha value is -0.830. The summed E-state index contributed by atoms with van der Waals surface area (Å²) in [5, 5.41) is 4.24. The topological polar surface area (TPSA) is 43.8 Å². The van der Waals surface area contributed by atoms with Gasteiger partial charge in [0.05, 0.1) is 0 Å². The number of aromatic nitrogens is 2. The molecule has 108 valence electrons. The maximum Gasteiger partial charge on any atom is 0.0492 e. The zero-order chi connectivity index (χ0) is 14.0. The van der Waals surface area contributed by atoms with Gasteiger partial charge in [-0.05, 0) is 55.4 Å². The van der Waals surface area contributed by atoms with Gasteiger partial charge in [-0.1, -0.05) is 20.8 Å². The van der Waals surface area contributed by atoms with Crippen molar-refractivity contribution in [1.29, 1.82) is 0 Å². The highest BCUT2D eigenvalue weighted by molar-refractivity contribution is 5.01.